The Bertz CT molecular complexity index is 76.4. The molecule has 0 aliphatic carbocycles. The molecule has 0 saturated carbocycles. The molecule has 42 valence electrons. The first-order chi connectivity index (χ1) is 2.64. The summed E-state index contributed by atoms with van der Waals surface area (Å²) in [6.07, 6.45) is 0. The van der Waals surface area contributed by atoms with Gasteiger partial charge in [-0.05, 0) is 0 Å². The molecule has 0 bridgehead atoms. The van der Waals surface area contributed by atoms with Crippen molar-refractivity contribution < 1.29 is 51.5 Å². The van der Waals surface area contributed by atoms with Crippen LogP contribution in [0.1, 0.15) is 0 Å². The standard InChI is InChI=1S/C2H2O4.O.Zr/c3-1(4)2(5)6;;/h(H,3,4)(H,5,6);;/q;-2;+4/p-2. The normalized spacial score (nSPS) is 5.50. The fourth-order valence-electron chi connectivity index (χ4n) is 0. The van der Waals surface area contributed by atoms with Crippen molar-refractivity contribution in [1.29, 1.82) is 0 Å². The first kappa shape index (κ1) is 15.7. The van der Waals surface area contributed by atoms with E-state index >= 15 is 0 Å². The second-order valence-electron chi connectivity index (χ2n) is 0.575. The Hall–Kier alpha value is -0.217. The molecule has 0 rings (SSSR count). The second kappa shape index (κ2) is 6.78. The largest absolute Gasteiger partial charge is 4.00 e. The van der Waals surface area contributed by atoms with E-state index in [1.807, 2.05) is 0 Å². The van der Waals surface area contributed by atoms with Crippen molar-refractivity contribution in [3.8, 4) is 0 Å². The minimum Gasteiger partial charge on any atom is -2.00 e. The zero-order chi connectivity index (χ0) is 5.15. The monoisotopic (exact) mass is 194 g/mol. The fourth-order valence-corrected chi connectivity index (χ4v) is 0. The zero-order valence-corrected chi connectivity index (χ0v) is 6.00. The summed E-state index contributed by atoms with van der Waals surface area (Å²) in [4.78, 5) is 17.9. The van der Waals surface area contributed by atoms with Crippen molar-refractivity contribution in [2.75, 3.05) is 0 Å². The average Bonchev–Trinajstić information content (AvgIpc) is 1.36. The maximum Gasteiger partial charge on any atom is 4.00 e. The molecule has 0 spiro atoms. The first-order valence-electron chi connectivity index (χ1n) is 1.07. The topological polar surface area (TPSA) is 109 Å². The molecular weight excluding hydrogens is 195 g/mol. The van der Waals surface area contributed by atoms with Crippen molar-refractivity contribution in [2.45, 2.75) is 0 Å². The molecule has 0 aliphatic rings. The van der Waals surface area contributed by atoms with Crippen LogP contribution in [0.15, 0.2) is 0 Å². The minimum absolute atomic E-state index is 0. The molecule has 0 aromatic rings. The van der Waals surface area contributed by atoms with E-state index in [2.05, 4.69) is 0 Å². The van der Waals surface area contributed by atoms with E-state index < -0.39 is 11.9 Å². The van der Waals surface area contributed by atoms with Crippen molar-refractivity contribution in [2.24, 2.45) is 0 Å². The van der Waals surface area contributed by atoms with Gasteiger partial charge in [0.1, 0.15) is 0 Å². The molecule has 0 aliphatic heterocycles. The molecule has 0 saturated heterocycles. The molecule has 0 aromatic heterocycles. The maximum atomic E-state index is 8.93. The third-order valence-electron chi connectivity index (χ3n) is 0.167. The van der Waals surface area contributed by atoms with Crippen molar-refractivity contribution >= 4 is 11.9 Å². The first-order valence-corrected chi connectivity index (χ1v) is 1.07. The molecule has 0 atom stereocenters. The number of rotatable bonds is 0. The summed E-state index contributed by atoms with van der Waals surface area (Å²) in [7, 11) is 0. The van der Waals surface area contributed by atoms with Gasteiger partial charge in [-0.15, -0.1) is 0 Å². The number of aliphatic carboxylic acids is 2. The summed E-state index contributed by atoms with van der Waals surface area (Å²) in [5, 5.41) is 17.9. The summed E-state index contributed by atoms with van der Waals surface area (Å²) in [5.74, 6) is -4.37. The van der Waals surface area contributed by atoms with Crippen molar-refractivity contribution in [3.63, 3.8) is 0 Å². The van der Waals surface area contributed by atoms with E-state index in [1.165, 1.54) is 0 Å². The van der Waals surface area contributed by atoms with Gasteiger partial charge in [-0.25, -0.2) is 0 Å². The molecule has 0 unspecified atom stereocenters. The van der Waals surface area contributed by atoms with Crippen LogP contribution in [-0.2, 0) is 41.3 Å². The molecule has 0 amide bonds. The number of carboxylic acid groups (broad SMARTS) is 2. The Morgan fingerprint density at radius 2 is 1.12 bits per heavy atom. The SMILES string of the molecule is O=C([O-])C(=O)[O-].[O-2].[Zr+4]. The summed E-state index contributed by atoms with van der Waals surface area (Å²) in [5.41, 5.74) is 0. The quantitative estimate of drug-likeness (QED) is 0.371. The van der Waals surface area contributed by atoms with Crippen LogP contribution < -0.4 is 10.2 Å². The van der Waals surface area contributed by atoms with Gasteiger partial charge in [-0.1, -0.05) is 0 Å². The smallest absolute Gasteiger partial charge is 2.00 e. The van der Waals surface area contributed by atoms with Gasteiger partial charge in [0, 0.05) is 0 Å². The summed E-state index contributed by atoms with van der Waals surface area (Å²) in [6, 6.07) is 0. The third-order valence-corrected chi connectivity index (χ3v) is 0.167. The van der Waals surface area contributed by atoms with Crippen LogP contribution in [0.2, 0.25) is 0 Å². The zero-order valence-electron chi connectivity index (χ0n) is 3.54. The number of hydrogen-bond acceptors (Lipinski definition) is 4. The van der Waals surface area contributed by atoms with Crippen LogP contribution in [0.4, 0.5) is 0 Å². The van der Waals surface area contributed by atoms with Gasteiger partial charge >= 0.3 is 26.2 Å². The predicted octanol–water partition coefficient (Wildman–Crippen LogP) is -3.64. The van der Waals surface area contributed by atoms with Crippen LogP contribution in [-0.4, -0.2) is 11.9 Å². The van der Waals surface area contributed by atoms with E-state index in [0.717, 1.165) is 0 Å². The molecule has 6 heteroatoms. The molecule has 0 fully saturated rings. The van der Waals surface area contributed by atoms with Gasteiger partial charge in [-0.2, -0.15) is 0 Å². The average molecular weight is 195 g/mol. The maximum absolute atomic E-state index is 8.93. The van der Waals surface area contributed by atoms with E-state index in [-0.39, 0.29) is 31.7 Å². The Labute approximate surface area is 63.7 Å². The van der Waals surface area contributed by atoms with Gasteiger partial charge in [-0.3, -0.25) is 0 Å². The molecule has 0 radical (unpaired) electrons. The Morgan fingerprint density at radius 1 is 1.00 bits per heavy atom. The number of carbonyl (C=O) groups is 2. The molecular formula is C2O5Zr. The van der Waals surface area contributed by atoms with Crippen molar-refractivity contribution in [1.82, 2.24) is 0 Å². The molecule has 8 heavy (non-hydrogen) atoms. The molecule has 0 N–H and O–H groups in total. The van der Waals surface area contributed by atoms with E-state index in [4.69, 9.17) is 19.8 Å². The molecule has 5 nitrogen and oxygen atoms in total. The molecule has 0 aromatic carbocycles. The second-order valence-corrected chi connectivity index (χ2v) is 0.575. The Morgan fingerprint density at radius 3 is 1.12 bits per heavy atom. The van der Waals surface area contributed by atoms with Crippen LogP contribution in [0.5, 0.6) is 0 Å². The van der Waals surface area contributed by atoms with Gasteiger partial charge in [0.25, 0.3) is 0 Å². The fraction of sp³-hybridized carbons (Fsp3) is 0. The third kappa shape index (κ3) is 9.24. The van der Waals surface area contributed by atoms with Gasteiger partial charge in [0.2, 0.25) is 0 Å². The summed E-state index contributed by atoms with van der Waals surface area (Å²) in [6.45, 7) is 0. The predicted molar refractivity (Wildman–Crippen MR) is 10.7 cm³/mol. The van der Waals surface area contributed by atoms with Crippen molar-refractivity contribution in [3.05, 3.63) is 0 Å². The minimum atomic E-state index is -2.19. The van der Waals surface area contributed by atoms with Crippen LogP contribution in [0, 0.1) is 0 Å². The molecule has 0 heterocycles. The summed E-state index contributed by atoms with van der Waals surface area (Å²) >= 11 is 0. The van der Waals surface area contributed by atoms with E-state index in [9.17, 15) is 0 Å². The van der Waals surface area contributed by atoms with E-state index in [1.54, 1.807) is 0 Å². The van der Waals surface area contributed by atoms with Gasteiger partial charge in [0.05, 0.1) is 11.9 Å². The Balaban J connectivity index is -0.000000125. The van der Waals surface area contributed by atoms with Crippen LogP contribution >= 0.6 is 0 Å². The van der Waals surface area contributed by atoms with E-state index in [0.29, 0.717) is 0 Å². The number of carboxylic acids is 2. The number of carbonyl (C=O) groups excluding carboxylic acids is 2. The van der Waals surface area contributed by atoms with Gasteiger partial charge in [0.15, 0.2) is 0 Å². The van der Waals surface area contributed by atoms with Crippen LogP contribution in [0.3, 0.4) is 0 Å². The van der Waals surface area contributed by atoms with Crippen LogP contribution in [0.25, 0.3) is 0 Å². The van der Waals surface area contributed by atoms with Gasteiger partial charge < -0.3 is 25.3 Å². The Kier molecular flexibility index (Phi) is 13.3. The summed E-state index contributed by atoms with van der Waals surface area (Å²) < 4.78 is 0. The number of hydrogen-bond donors (Lipinski definition) is 0.